The Morgan fingerprint density at radius 1 is 1.00 bits per heavy atom. The van der Waals surface area contributed by atoms with Gasteiger partial charge in [0.25, 0.3) is 10.1 Å². The Morgan fingerprint density at radius 2 is 1.48 bits per heavy atom. The van der Waals surface area contributed by atoms with E-state index >= 15 is 0 Å². The van der Waals surface area contributed by atoms with E-state index < -0.39 is 27.0 Å². The Balaban J connectivity index is 0.00000576. The van der Waals surface area contributed by atoms with Crippen molar-refractivity contribution in [1.29, 1.82) is 0 Å². The fourth-order valence-corrected chi connectivity index (χ4v) is 2.38. The van der Waals surface area contributed by atoms with Crippen LogP contribution in [0, 0.1) is 11.8 Å². The molecule has 0 saturated heterocycles. The second-order valence-electron chi connectivity index (χ2n) is 6.17. The van der Waals surface area contributed by atoms with Crippen LogP contribution >= 0.6 is 0 Å². The van der Waals surface area contributed by atoms with E-state index in [2.05, 4.69) is 0 Å². The van der Waals surface area contributed by atoms with Crippen LogP contribution in [0.25, 0.3) is 0 Å². The van der Waals surface area contributed by atoms with Gasteiger partial charge in [0.05, 0.1) is 24.3 Å². The van der Waals surface area contributed by atoms with Gasteiger partial charge in [-0.15, -0.1) is 0 Å². The Kier molecular flexibility index (Phi) is 9.89. The van der Waals surface area contributed by atoms with Gasteiger partial charge in [0.15, 0.2) is 0 Å². The first-order valence-electron chi connectivity index (χ1n) is 7.48. The number of carbonyl (C=O) groups is 2. The van der Waals surface area contributed by atoms with Crippen molar-refractivity contribution >= 4 is 51.6 Å². The Bertz CT molecular complexity index is 711. The molecule has 1 aromatic carbocycles. The average Bonchev–Trinajstić information content (AvgIpc) is 2.48. The molecule has 1 aromatic rings. The van der Waals surface area contributed by atoms with Crippen LogP contribution in [0.4, 0.5) is 0 Å². The molecule has 25 heavy (non-hydrogen) atoms. The maximum Gasteiger partial charge on any atom is 0.339 e. The van der Waals surface area contributed by atoms with Crippen molar-refractivity contribution in [2.75, 3.05) is 13.2 Å². The fraction of sp³-hybridized carbons (Fsp3) is 0.500. The van der Waals surface area contributed by atoms with Crippen LogP contribution in [0.3, 0.4) is 0 Å². The van der Waals surface area contributed by atoms with Crippen molar-refractivity contribution in [2.24, 2.45) is 11.8 Å². The molecule has 0 amide bonds. The van der Waals surface area contributed by atoms with Crippen molar-refractivity contribution in [3.8, 4) is 0 Å². The first-order valence-corrected chi connectivity index (χ1v) is 8.92. The topological polar surface area (TPSA) is 107 Å². The van der Waals surface area contributed by atoms with Crippen molar-refractivity contribution in [3.63, 3.8) is 0 Å². The number of rotatable bonds is 7. The third-order valence-corrected chi connectivity index (χ3v) is 3.70. The molecule has 9 heteroatoms. The molecule has 0 aliphatic rings. The summed E-state index contributed by atoms with van der Waals surface area (Å²) < 4.78 is 42.4. The summed E-state index contributed by atoms with van der Waals surface area (Å²) in [6.07, 6.45) is 0. The molecule has 7 nitrogen and oxygen atoms in total. The molecule has 135 valence electrons. The van der Waals surface area contributed by atoms with Gasteiger partial charge in [0.2, 0.25) is 0 Å². The summed E-state index contributed by atoms with van der Waals surface area (Å²) in [5, 5.41) is 0. The molecule has 0 atom stereocenters. The molecule has 1 N–H and O–H groups in total. The minimum atomic E-state index is -4.71. The van der Waals surface area contributed by atoms with Crippen molar-refractivity contribution < 1.29 is 32.0 Å². The number of hydrogen-bond donors (Lipinski definition) is 1. The predicted molar refractivity (Wildman–Crippen MR) is 92.3 cm³/mol. The summed E-state index contributed by atoms with van der Waals surface area (Å²) in [6.45, 7) is 7.62. The summed E-state index contributed by atoms with van der Waals surface area (Å²) in [5.41, 5.74) is -0.415. The van der Waals surface area contributed by atoms with Crippen LogP contribution in [-0.2, 0) is 19.6 Å². The monoisotopic (exact) mass is 381 g/mol. The van der Waals surface area contributed by atoms with Gasteiger partial charge in [0.1, 0.15) is 4.90 Å². The minimum absolute atomic E-state index is 0. The van der Waals surface area contributed by atoms with E-state index in [0.717, 1.165) is 12.1 Å². The molecule has 0 aromatic heterocycles. The maximum atomic E-state index is 12.0. The summed E-state index contributed by atoms with van der Waals surface area (Å²) in [4.78, 5) is 23.2. The molecule has 1 radical (unpaired) electrons. The number of carbonyl (C=O) groups excluding carboxylic acids is 2. The van der Waals surface area contributed by atoms with Crippen LogP contribution in [0.1, 0.15) is 48.4 Å². The largest absolute Gasteiger partial charge is 0.462 e. The van der Waals surface area contributed by atoms with Gasteiger partial charge in [-0.05, 0) is 30.0 Å². The van der Waals surface area contributed by atoms with Crippen LogP contribution in [-0.4, -0.2) is 67.7 Å². The number of hydrogen-bond acceptors (Lipinski definition) is 6. The van der Waals surface area contributed by atoms with Gasteiger partial charge < -0.3 is 9.47 Å². The van der Waals surface area contributed by atoms with Crippen LogP contribution in [0.5, 0.6) is 0 Å². The van der Waals surface area contributed by atoms with Gasteiger partial charge in [-0.25, -0.2) is 9.59 Å². The van der Waals surface area contributed by atoms with E-state index in [1.807, 2.05) is 27.7 Å². The van der Waals surface area contributed by atoms with Crippen LogP contribution in [0.2, 0.25) is 0 Å². The molecular formula is C16H22NaO7S. The zero-order valence-corrected chi connectivity index (χ0v) is 17.9. The van der Waals surface area contributed by atoms with E-state index in [1.54, 1.807) is 0 Å². The van der Waals surface area contributed by atoms with Crippen molar-refractivity contribution in [1.82, 2.24) is 0 Å². The van der Waals surface area contributed by atoms with Crippen molar-refractivity contribution in [2.45, 2.75) is 32.6 Å². The average molecular weight is 381 g/mol. The van der Waals surface area contributed by atoms with E-state index in [0.29, 0.717) is 0 Å². The predicted octanol–water partition coefficient (Wildman–Crippen LogP) is 2.18. The zero-order chi connectivity index (χ0) is 18.5. The molecule has 0 unspecified atom stereocenters. The summed E-state index contributed by atoms with van der Waals surface area (Å²) in [7, 11) is -4.71. The zero-order valence-electron chi connectivity index (χ0n) is 15.1. The van der Waals surface area contributed by atoms with E-state index in [1.165, 1.54) is 6.07 Å². The third kappa shape index (κ3) is 7.87. The first kappa shape index (κ1) is 24.1. The molecule has 1 rings (SSSR count). The van der Waals surface area contributed by atoms with E-state index in [4.69, 9.17) is 9.47 Å². The molecular weight excluding hydrogens is 359 g/mol. The maximum absolute atomic E-state index is 12.0. The smallest absolute Gasteiger partial charge is 0.339 e. The quantitative estimate of drug-likeness (QED) is 0.438. The number of esters is 2. The molecule has 0 bridgehead atoms. The summed E-state index contributed by atoms with van der Waals surface area (Å²) >= 11 is 0. The second kappa shape index (κ2) is 10.3. The van der Waals surface area contributed by atoms with Gasteiger partial charge in [-0.2, -0.15) is 8.42 Å². The van der Waals surface area contributed by atoms with Gasteiger partial charge in [-0.3, -0.25) is 4.55 Å². The minimum Gasteiger partial charge on any atom is -0.462 e. The Hall–Kier alpha value is -0.930. The van der Waals surface area contributed by atoms with Gasteiger partial charge >= 0.3 is 11.9 Å². The summed E-state index contributed by atoms with van der Waals surface area (Å²) in [6, 6.07) is 3.28. The molecule has 0 aliphatic carbocycles. The second-order valence-corrected chi connectivity index (χ2v) is 7.56. The Labute approximate surface area is 170 Å². The van der Waals surface area contributed by atoms with Crippen LogP contribution in [0.15, 0.2) is 23.1 Å². The van der Waals surface area contributed by atoms with E-state index in [9.17, 15) is 22.6 Å². The standard InChI is InChI=1S/C16H22O7S.Na/c1-10(2)8-22-15(17)12-5-6-13(14(7-12)24(19,20)21)16(18)23-9-11(3)4;/h5-7,10-11H,8-9H2,1-4H3,(H,19,20,21);. The summed E-state index contributed by atoms with van der Waals surface area (Å²) in [5.74, 6) is -1.46. The molecule has 0 saturated carbocycles. The van der Waals surface area contributed by atoms with Gasteiger partial charge in [-0.1, -0.05) is 27.7 Å². The first-order chi connectivity index (χ1) is 11.0. The molecule has 0 spiro atoms. The molecule has 0 aliphatic heterocycles. The fourth-order valence-electron chi connectivity index (χ4n) is 1.68. The third-order valence-electron chi connectivity index (χ3n) is 2.81. The number of benzene rings is 1. The Morgan fingerprint density at radius 3 is 1.92 bits per heavy atom. The molecule has 0 fully saturated rings. The number of ether oxygens (including phenoxy) is 2. The normalized spacial score (nSPS) is 11.2. The van der Waals surface area contributed by atoms with Gasteiger partial charge in [0, 0.05) is 29.6 Å². The SMILES string of the molecule is CC(C)COC(=O)c1ccc(C(=O)OCC(C)C)c(S(=O)(=O)O)c1.[Na]. The molecule has 0 heterocycles. The van der Waals surface area contributed by atoms with Crippen molar-refractivity contribution in [3.05, 3.63) is 29.3 Å². The van der Waals surface area contributed by atoms with Crippen LogP contribution < -0.4 is 0 Å². The van der Waals surface area contributed by atoms with E-state index in [-0.39, 0.29) is 65.7 Å².